The molecule has 0 radical (unpaired) electrons. The number of pyridine rings is 1. The molecule has 2 nitrogen and oxygen atoms in total. The summed E-state index contributed by atoms with van der Waals surface area (Å²) >= 11 is 0. The summed E-state index contributed by atoms with van der Waals surface area (Å²) < 4.78 is 58.3. The SMILES string of the molecule is CCCC[C@H](Oc1ccccc1F)c1cccc(-c2ccc(C(F)(F)F)cc2)n1. The van der Waals surface area contributed by atoms with E-state index in [0.29, 0.717) is 23.4 Å². The lowest BCUT2D eigenvalue weighted by Gasteiger charge is -2.19. The van der Waals surface area contributed by atoms with Crippen molar-refractivity contribution in [2.45, 2.75) is 38.5 Å². The Morgan fingerprint density at radius 2 is 1.66 bits per heavy atom. The third-order valence-electron chi connectivity index (χ3n) is 4.53. The molecule has 1 heterocycles. The maximum atomic E-state index is 14.0. The zero-order chi connectivity index (χ0) is 20.9. The first-order valence-electron chi connectivity index (χ1n) is 9.44. The van der Waals surface area contributed by atoms with E-state index in [4.69, 9.17) is 4.74 Å². The lowest BCUT2D eigenvalue weighted by molar-refractivity contribution is -0.137. The van der Waals surface area contributed by atoms with Crippen molar-refractivity contribution < 1.29 is 22.3 Å². The van der Waals surface area contributed by atoms with E-state index in [9.17, 15) is 17.6 Å². The minimum Gasteiger partial charge on any atom is -0.481 e. The van der Waals surface area contributed by atoms with E-state index < -0.39 is 23.7 Å². The van der Waals surface area contributed by atoms with Crippen LogP contribution in [0.5, 0.6) is 5.75 Å². The fourth-order valence-electron chi connectivity index (χ4n) is 2.97. The van der Waals surface area contributed by atoms with Gasteiger partial charge in [0.1, 0.15) is 6.10 Å². The Kier molecular flexibility index (Phi) is 6.52. The Hall–Kier alpha value is -2.89. The number of hydrogen-bond donors (Lipinski definition) is 0. The number of nitrogens with zero attached hydrogens (tertiary/aromatic N) is 1. The largest absolute Gasteiger partial charge is 0.481 e. The Morgan fingerprint density at radius 1 is 0.931 bits per heavy atom. The Balaban J connectivity index is 1.89. The van der Waals surface area contributed by atoms with Gasteiger partial charge in [0, 0.05) is 5.56 Å². The second-order valence-corrected chi connectivity index (χ2v) is 6.70. The highest BCUT2D eigenvalue weighted by Gasteiger charge is 2.30. The first-order chi connectivity index (χ1) is 13.9. The molecular weight excluding hydrogens is 382 g/mol. The zero-order valence-electron chi connectivity index (χ0n) is 15.9. The van der Waals surface area contributed by atoms with Crippen LogP contribution in [0, 0.1) is 5.82 Å². The molecule has 0 aliphatic heterocycles. The van der Waals surface area contributed by atoms with Gasteiger partial charge in [-0.2, -0.15) is 13.2 Å². The molecule has 0 aliphatic carbocycles. The molecule has 1 aromatic heterocycles. The molecule has 0 aliphatic rings. The predicted octanol–water partition coefficient (Wildman–Crippen LogP) is 7.22. The maximum Gasteiger partial charge on any atom is 0.416 e. The number of aromatic nitrogens is 1. The lowest BCUT2D eigenvalue weighted by Crippen LogP contribution is -2.11. The minimum absolute atomic E-state index is 0.148. The van der Waals surface area contributed by atoms with Gasteiger partial charge in [0.15, 0.2) is 11.6 Å². The van der Waals surface area contributed by atoms with Gasteiger partial charge < -0.3 is 4.74 Å². The van der Waals surface area contributed by atoms with Crippen LogP contribution in [0.15, 0.2) is 66.7 Å². The summed E-state index contributed by atoms with van der Waals surface area (Å²) in [5.74, 6) is -0.303. The molecule has 152 valence electrons. The molecular formula is C23H21F4NO. The van der Waals surface area contributed by atoms with Crippen molar-refractivity contribution in [2.24, 2.45) is 0 Å². The Bertz CT molecular complexity index is 938. The Labute approximate surface area is 167 Å². The minimum atomic E-state index is -4.38. The van der Waals surface area contributed by atoms with Gasteiger partial charge in [-0.05, 0) is 49.2 Å². The van der Waals surface area contributed by atoms with E-state index in [1.54, 1.807) is 36.4 Å². The van der Waals surface area contributed by atoms with Crippen molar-refractivity contribution in [1.29, 1.82) is 0 Å². The van der Waals surface area contributed by atoms with Gasteiger partial charge in [-0.3, -0.25) is 0 Å². The van der Waals surface area contributed by atoms with E-state index in [2.05, 4.69) is 4.98 Å². The van der Waals surface area contributed by atoms with Crippen molar-refractivity contribution in [3.8, 4) is 17.0 Å². The maximum absolute atomic E-state index is 14.0. The highest BCUT2D eigenvalue weighted by atomic mass is 19.4. The lowest BCUT2D eigenvalue weighted by atomic mass is 10.1. The summed E-state index contributed by atoms with van der Waals surface area (Å²) in [4.78, 5) is 4.59. The molecule has 1 atom stereocenters. The van der Waals surface area contributed by atoms with Gasteiger partial charge in [-0.25, -0.2) is 9.37 Å². The third-order valence-corrected chi connectivity index (χ3v) is 4.53. The molecule has 0 fully saturated rings. The fraction of sp³-hybridized carbons (Fsp3) is 0.261. The molecule has 29 heavy (non-hydrogen) atoms. The van der Waals surface area contributed by atoms with Crippen molar-refractivity contribution >= 4 is 0 Å². The number of halogens is 4. The standard InChI is InChI=1S/C23H21F4NO/c1-2-3-10-22(29-21-11-5-4-7-18(21)24)20-9-6-8-19(28-20)16-12-14-17(15-13-16)23(25,26)27/h4-9,11-15,22H,2-3,10H2,1H3/t22-/m0/s1. The van der Waals surface area contributed by atoms with Crippen LogP contribution in [0.4, 0.5) is 17.6 Å². The number of ether oxygens (including phenoxy) is 1. The van der Waals surface area contributed by atoms with Crippen LogP contribution in [-0.4, -0.2) is 4.98 Å². The second kappa shape index (κ2) is 9.07. The number of benzene rings is 2. The van der Waals surface area contributed by atoms with Crippen molar-refractivity contribution in [2.75, 3.05) is 0 Å². The highest BCUT2D eigenvalue weighted by molar-refractivity contribution is 5.59. The van der Waals surface area contributed by atoms with Gasteiger partial charge in [-0.15, -0.1) is 0 Å². The molecule has 0 amide bonds. The van der Waals surface area contributed by atoms with Gasteiger partial charge in [0.25, 0.3) is 0 Å². The van der Waals surface area contributed by atoms with Gasteiger partial charge in [0.05, 0.1) is 17.0 Å². The van der Waals surface area contributed by atoms with E-state index in [-0.39, 0.29) is 5.75 Å². The molecule has 0 spiro atoms. The normalized spacial score (nSPS) is 12.6. The van der Waals surface area contributed by atoms with E-state index in [0.717, 1.165) is 25.0 Å². The number of rotatable bonds is 7. The van der Waals surface area contributed by atoms with E-state index in [1.807, 2.05) is 6.92 Å². The van der Waals surface area contributed by atoms with Crippen LogP contribution in [0.1, 0.15) is 43.5 Å². The first kappa shape index (κ1) is 20.8. The molecule has 0 saturated heterocycles. The molecule has 0 N–H and O–H groups in total. The number of para-hydroxylation sites is 1. The van der Waals surface area contributed by atoms with Crippen LogP contribution in [0.3, 0.4) is 0 Å². The zero-order valence-corrected chi connectivity index (χ0v) is 15.9. The molecule has 0 bridgehead atoms. The summed E-state index contributed by atoms with van der Waals surface area (Å²) in [6.07, 6.45) is -2.39. The first-order valence-corrected chi connectivity index (χ1v) is 9.44. The van der Waals surface area contributed by atoms with E-state index >= 15 is 0 Å². The van der Waals surface area contributed by atoms with Crippen molar-refractivity contribution in [1.82, 2.24) is 4.98 Å². The number of alkyl halides is 3. The average molecular weight is 403 g/mol. The van der Waals surface area contributed by atoms with Crippen molar-refractivity contribution in [3.05, 3.63) is 83.8 Å². The molecule has 3 rings (SSSR count). The number of unbranched alkanes of at least 4 members (excludes halogenated alkanes) is 1. The Morgan fingerprint density at radius 3 is 2.31 bits per heavy atom. The third kappa shape index (κ3) is 5.34. The smallest absolute Gasteiger partial charge is 0.416 e. The van der Waals surface area contributed by atoms with Crippen molar-refractivity contribution in [3.63, 3.8) is 0 Å². The fourth-order valence-corrected chi connectivity index (χ4v) is 2.97. The molecule has 3 aromatic rings. The van der Waals surface area contributed by atoms with Gasteiger partial charge in [0.2, 0.25) is 0 Å². The molecule has 6 heteroatoms. The second-order valence-electron chi connectivity index (χ2n) is 6.70. The van der Waals surface area contributed by atoms with E-state index in [1.165, 1.54) is 18.2 Å². The number of hydrogen-bond acceptors (Lipinski definition) is 2. The van der Waals surface area contributed by atoms with Gasteiger partial charge >= 0.3 is 6.18 Å². The monoisotopic (exact) mass is 403 g/mol. The molecule has 0 unspecified atom stereocenters. The molecule has 2 aromatic carbocycles. The summed E-state index contributed by atoms with van der Waals surface area (Å²) in [6, 6.07) is 16.3. The van der Waals surface area contributed by atoms with Crippen LogP contribution in [0.2, 0.25) is 0 Å². The predicted molar refractivity (Wildman–Crippen MR) is 104 cm³/mol. The van der Waals surface area contributed by atoms with Gasteiger partial charge in [-0.1, -0.05) is 43.7 Å². The summed E-state index contributed by atoms with van der Waals surface area (Å²) in [7, 11) is 0. The summed E-state index contributed by atoms with van der Waals surface area (Å²) in [5, 5.41) is 0. The quantitative estimate of drug-likeness (QED) is 0.389. The average Bonchev–Trinajstić information content (AvgIpc) is 2.72. The summed E-state index contributed by atoms with van der Waals surface area (Å²) in [5.41, 5.74) is 1.01. The highest BCUT2D eigenvalue weighted by Crippen LogP contribution is 2.32. The molecule has 0 saturated carbocycles. The van der Waals surface area contributed by atoms with Crippen LogP contribution < -0.4 is 4.74 Å². The summed E-state index contributed by atoms with van der Waals surface area (Å²) in [6.45, 7) is 2.05. The van der Waals surface area contributed by atoms with Crippen LogP contribution in [0.25, 0.3) is 11.3 Å². The van der Waals surface area contributed by atoms with Crippen LogP contribution >= 0.6 is 0 Å². The topological polar surface area (TPSA) is 22.1 Å². The van der Waals surface area contributed by atoms with Crippen LogP contribution in [-0.2, 0) is 6.18 Å².